The Kier molecular flexibility index (Phi) is 21.7. The van der Waals surface area contributed by atoms with Crippen LogP contribution in [0.1, 0.15) is 0 Å². The molecule has 17 heteroatoms. The van der Waals surface area contributed by atoms with Crippen LogP contribution in [-0.4, -0.2) is 26.1 Å². The molecule has 92 valence electrons. The van der Waals surface area contributed by atoms with Crippen LogP contribution < -0.4 is 138 Å². The van der Waals surface area contributed by atoms with Gasteiger partial charge in [0.2, 0.25) is 0 Å². The molecule has 0 atom stereocenters. The van der Waals surface area contributed by atoms with E-state index in [1.165, 1.54) is 0 Å². The Morgan fingerprint density at radius 3 is 1.05 bits per heavy atom. The van der Waals surface area contributed by atoms with Gasteiger partial charge in [0.1, 0.15) is 5.08 Å². The van der Waals surface area contributed by atoms with Crippen molar-refractivity contribution in [1.29, 1.82) is 0 Å². The van der Waals surface area contributed by atoms with E-state index < -0.39 is 34.0 Å². The maximum atomic E-state index is 10.3. The molecule has 0 rings (SSSR count). The van der Waals surface area contributed by atoms with E-state index >= 15 is 0 Å². The summed E-state index contributed by atoms with van der Waals surface area (Å²) >= 11 is 0. The van der Waals surface area contributed by atoms with Crippen molar-refractivity contribution in [1.82, 2.24) is 0 Å². The van der Waals surface area contributed by atoms with Crippen molar-refractivity contribution < 1.29 is 166 Å². The van der Waals surface area contributed by atoms with Gasteiger partial charge < -0.3 is 43.6 Å². The summed E-state index contributed by atoms with van der Waals surface area (Å²) in [5.74, 6) is 0. The molecule has 0 aliphatic rings. The van der Waals surface area contributed by atoms with E-state index in [0.29, 0.717) is 0 Å². The fourth-order valence-electron chi connectivity index (χ4n) is 0.600. The number of hydrogen-bond acceptors (Lipinski definition) is 8. The van der Waals surface area contributed by atoms with Gasteiger partial charge in [-0.2, -0.15) is 0 Å². The zero-order valence-electron chi connectivity index (χ0n) is 10.7. The minimum absolute atomic E-state index is 0. The summed E-state index contributed by atoms with van der Waals surface area (Å²) in [7, 11) is -18.2. The molecule has 0 aromatic carbocycles. The first kappa shape index (κ1) is 34.7. The van der Waals surface area contributed by atoms with Crippen molar-refractivity contribution in [3.8, 4) is 0 Å². The molecule has 0 heterocycles. The Hall–Kier alpha value is 4.41. The topological polar surface area (TPSA) is 204 Å². The Morgan fingerprint density at radius 1 is 0.789 bits per heavy atom. The second-order valence-corrected chi connectivity index (χ2v) is 8.06. The van der Waals surface area contributed by atoms with Crippen LogP contribution >= 0.6 is 22.8 Å². The van der Waals surface area contributed by atoms with Crippen LogP contribution in [0.15, 0.2) is 0 Å². The van der Waals surface area contributed by atoms with Gasteiger partial charge in [-0.25, -0.2) is 0 Å². The number of aliphatic hydroxyl groups is 1. The summed E-state index contributed by atoms with van der Waals surface area (Å²) in [6.07, 6.45) is -2.28. The summed E-state index contributed by atoms with van der Waals surface area (Å²) in [4.78, 5) is 57.6. The van der Waals surface area contributed by atoms with Crippen molar-refractivity contribution in [3.63, 3.8) is 0 Å². The van der Waals surface area contributed by atoms with Gasteiger partial charge in [-0.15, -0.1) is 0 Å². The Labute approximate surface area is 197 Å². The predicted molar refractivity (Wildman–Crippen MR) is 37.1 cm³/mol. The maximum absolute atomic E-state index is 10.3. The van der Waals surface area contributed by atoms with Crippen molar-refractivity contribution in [2.45, 2.75) is 5.08 Å². The monoisotopic (exact) mass is 374 g/mol. The van der Waals surface area contributed by atoms with Crippen LogP contribution in [0, 0.1) is 0 Å². The van der Waals surface area contributed by atoms with Gasteiger partial charge in [-0.05, 0) is 15.2 Å². The Balaban J connectivity index is -0.000000163. The van der Waals surface area contributed by atoms with Crippen LogP contribution in [0.25, 0.3) is 0 Å². The molecule has 0 bridgehead atoms. The largest absolute Gasteiger partial charge is 1.00 e. The van der Waals surface area contributed by atoms with Gasteiger partial charge in [-0.1, -0.05) is 0 Å². The molecule has 0 radical (unpaired) electrons. The first-order chi connectivity index (χ1) is 6.21. The standard InChI is InChI=1S/C2H9O10P3.4Na/c3-2(14(7,8)9,15(10,11)12)1-13(4,5)6;;;;/h3H,1H2,(H2,4,5,6)(H2,7,8,9)(H2,10,11,12);;;;/q;4*+1/p-4. The average Bonchev–Trinajstić information content (AvgIpc) is 1.77. The molecule has 0 aromatic rings. The summed E-state index contributed by atoms with van der Waals surface area (Å²) < 4.78 is 30.8. The summed E-state index contributed by atoms with van der Waals surface area (Å²) in [6, 6.07) is 0. The number of rotatable bonds is 4. The van der Waals surface area contributed by atoms with Crippen LogP contribution in [-0.2, 0) is 13.7 Å². The third kappa shape index (κ3) is 11.6. The van der Waals surface area contributed by atoms with Gasteiger partial charge in [0.25, 0.3) is 0 Å². The molecule has 3 N–H and O–H groups in total. The van der Waals surface area contributed by atoms with Crippen molar-refractivity contribution in [2.75, 3.05) is 6.16 Å². The third-order valence-electron chi connectivity index (χ3n) is 1.30. The number of hydrogen-bond donors (Lipinski definition) is 3. The minimum Gasteiger partial charge on any atom is -0.808 e. The van der Waals surface area contributed by atoms with Crippen LogP contribution in [0.5, 0.6) is 0 Å². The average molecular weight is 374 g/mol. The van der Waals surface area contributed by atoms with Gasteiger partial charge in [0.15, 0.2) is 0 Å². The first-order valence-corrected chi connectivity index (χ1v) is 7.90. The molecule has 0 spiro atoms. The van der Waals surface area contributed by atoms with Crippen molar-refractivity contribution in [2.24, 2.45) is 0 Å². The van der Waals surface area contributed by atoms with Crippen LogP contribution in [0.3, 0.4) is 0 Å². The van der Waals surface area contributed by atoms with E-state index in [4.69, 9.17) is 14.9 Å². The maximum Gasteiger partial charge on any atom is 1.00 e. The van der Waals surface area contributed by atoms with E-state index in [1.807, 2.05) is 0 Å². The quantitative estimate of drug-likeness (QED) is 0.313. The Morgan fingerprint density at radius 2 is 1.00 bits per heavy atom. The second kappa shape index (κ2) is 11.9. The smallest absolute Gasteiger partial charge is 0.808 e. The molecule has 0 aromatic heterocycles. The van der Waals surface area contributed by atoms with Gasteiger partial charge in [0, 0.05) is 0 Å². The van der Waals surface area contributed by atoms with E-state index in [0.717, 1.165) is 0 Å². The van der Waals surface area contributed by atoms with Gasteiger partial charge in [-0.3, -0.25) is 4.57 Å². The molecule has 10 nitrogen and oxygen atoms in total. The second-order valence-electron chi connectivity index (χ2n) is 2.59. The molecule has 19 heavy (non-hydrogen) atoms. The molecular weight excluding hydrogens is 369 g/mol. The van der Waals surface area contributed by atoms with Crippen LogP contribution in [0.2, 0.25) is 0 Å². The first-order valence-electron chi connectivity index (χ1n) is 3.02. The van der Waals surface area contributed by atoms with E-state index in [2.05, 4.69) is 0 Å². The molecule has 0 fully saturated rings. The van der Waals surface area contributed by atoms with Gasteiger partial charge in [0.05, 0.1) is 6.16 Å². The molecule has 0 unspecified atom stereocenters. The zero-order valence-corrected chi connectivity index (χ0v) is 21.4. The molecule has 0 saturated heterocycles. The molecule has 0 aliphatic heterocycles. The molecule has 0 aliphatic carbocycles. The summed E-state index contributed by atoms with van der Waals surface area (Å²) in [5.41, 5.74) is 0. The molecular formula is C2H5Na4O10P3. The fourth-order valence-corrected chi connectivity index (χ4v) is 4.84. The zero-order chi connectivity index (χ0) is 12.7. The summed E-state index contributed by atoms with van der Waals surface area (Å²) in [5, 5.41) is 4.24. The van der Waals surface area contributed by atoms with E-state index in [-0.39, 0.29) is 118 Å². The SMILES string of the molecule is O=P(O)(O)CC(O)(P(=O)([O-])[O-])P(=O)([O-])[O-].[Na+].[Na+].[Na+].[Na+]. The summed E-state index contributed by atoms with van der Waals surface area (Å²) in [6.45, 7) is 0. The Bertz CT molecular complexity index is 358. The fraction of sp³-hybridized carbons (Fsp3) is 1.00. The van der Waals surface area contributed by atoms with E-state index in [9.17, 15) is 33.3 Å². The van der Waals surface area contributed by atoms with E-state index in [1.54, 1.807) is 0 Å². The molecule has 0 saturated carbocycles. The predicted octanol–water partition coefficient (Wildman–Crippen LogP) is -16.3. The minimum atomic E-state index is -6.43. The molecule has 0 amide bonds. The van der Waals surface area contributed by atoms with Crippen LogP contribution in [0.4, 0.5) is 0 Å². The third-order valence-corrected chi connectivity index (χ3v) is 6.20. The normalized spacial score (nSPS) is 12.2. The van der Waals surface area contributed by atoms with Gasteiger partial charge >= 0.3 is 126 Å². The van der Waals surface area contributed by atoms with Crippen molar-refractivity contribution in [3.05, 3.63) is 0 Å². The van der Waals surface area contributed by atoms with Crippen molar-refractivity contribution >= 4 is 22.8 Å².